The van der Waals surface area contributed by atoms with Gasteiger partial charge in [-0.15, -0.1) is 0 Å². The fourth-order valence-electron chi connectivity index (χ4n) is 6.50. The molecule has 0 aliphatic rings. The lowest BCUT2D eigenvalue weighted by molar-refractivity contribution is 0.101. The zero-order valence-corrected chi connectivity index (χ0v) is 34.1. The number of hydrogen-bond donors (Lipinski definition) is 4. The highest BCUT2D eigenvalue weighted by Crippen LogP contribution is 2.12. The molecule has 0 fully saturated rings. The van der Waals surface area contributed by atoms with E-state index in [-0.39, 0.29) is 0 Å². The number of hydrogen-bond acceptors (Lipinski definition) is 6. The molecule has 51 heavy (non-hydrogen) atoms. The minimum Gasteiger partial charge on any atom is -0.390 e. The molecule has 6 nitrogen and oxygen atoms in total. The van der Waals surface area contributed by atoms with E-state index in [1.54, 1.807) is 0 Å². The minimum atomic E-state index is -0.469. The Balaban J connectivity index is 4.17. The van der Waals surface area contributed by atoms with E-state index in [1.807, 2.05) is 0 Å². The highest BCUT2D eigenvalue weighted by Gasteiger charge is 2.14. The monoisotopic (exact) mass is 717 g/mol. The summed E-state index contributed by atoms with van der Waals surface area (Å²) in [4.78, 5) is 4.80. The SMILES string of the molecule is CCCCC/C=C\C/C=C\CCCCCCCCN(CCCN(CCCCCCCC/C=C\C/C=C/CCCCC)CC(O)CN)CC(O)CN. The molecule has 0 saturated heterocycles. The standard InChI is InChI=1S/C45H88N4O2/c1-3-5-7-9-11-13-15-17-19-21-23-25-27-29-31-33-36-48(42-44(50)40-46)38-35-39-49(43-45(51)41-47)37-34-32-30-28-26-24-22-20-18-16-14-12-10-8-6-4-2/h11-14,17-20,44-45,50-51H,3-10,15-16,21-43,46-47H2,1-2H3/b13-11-,14-12+,19-17-,20-18-. The van der Waals surface area contributed by atoms with Crippen LogP contribution in [-0.2, 0) is 0 Å². The Labute approximate surface area is 318 Å². The lowest BCUT2D eigenvalue weighted by Crippen LogP contribution is -2.40. The number of nitrogens with two attached hydrogens (primary N) is 2. The van der Waals surface area contributed by atoms with Gasteiger partial charge in [-0.3, -0.25) is 0 Å². The maximum absolute atomic E-state index is 10.3. The summed E-state index contributed by atoms with van der Waals surface area (Å²) in [7, 11) is 0. The molecule has 0 bridgehead atoms. The second kappa shape index (κ2) is 41.5. The summed E-state index contributed by atoms with van der Waals surface area (Å²) >= 11 is 0. The van der Waals surface area contributed by atoms with Gasteiger partial charge >= 0.3 is 0 Å². The zero-order valence-electron chi connectivity index (χ0n) is 34.1. The molecule has 0 radical (unpaired) electrons. The molecule has 0 spiro atoms. The van der Waals surface area contributed by atoms with Crippen LogP contribution >= 0.6 is 0 Å². The van der Waals surface area contributed by atoms with E-state index in [2.05, 4.69) is 72.3 Å². The lowest BCUT2D eigenvalue weighted by atomic mass is 10.1. The first-order valence-electron chi connectivity index (χ1n) is 21.9. The van der Waals surface area contributed by atoms with Crippen molar-refractivity contribution in [3.8, 4) is 0 Å². The van der Waals surface area contributed by atoms with E-state index in [0.29, 0.717) is 26.2 Å². The predicted octanol–water partition coefficient (Wildman–Crippen LogP) is 10.2. The second-order valence-electron chi connectivity index (χ2n) is 14.9. The third-order valence-corrected chi connectivity index (χ3v) is 9.78. The van der Waals surface area contributed by atoms with Crippen molar-refractivity contribution in [2.24, 2.45) is 11.5 Å². The Bertz CT molecular complexity index is 735. The zero-order chi connectivity index (χ0) is 37.3. The molecule has 2 atom stereocenters. The summed E-state index contributed by atoms with van der Waals surface area (Å²) in [5.41, 5.74) is 11.5. The molecule has 0 aliphatic heterocycles. The Morgan fingerprint density at radius 1 is 0.392 bits per heavy atom. The summed E-state index contributed by atoms with van der Waals surface area (Å²) in [6.07, 6.45) is 48.9. The normalized spacial score (nSPS) is 13.8. The molecule has 0 heterocycles. The van der Waals surface area contributed by atoms with Gasteiger partial charge in [-0.25, -0.2) is 0 Å². The molecule has 2 unspecified atom stereocenters. The number of aliphatic hydroxyl groups is 2. The summed E-state index contributed by atoms with van der Waals surface area (Å²) in [5, 5.41) is 20.6. The number of rotatable bonds is 40. The number of aliphatic hydroxyl groups excluding tert-OH is 2. The van der Waals surface area contributed by atoms with Crippen molar-refractivity contribution in [3.63, 3.8) is 0 Å². The first kappa shape index (κ1) is 49.7. The van der Waals surface area contributed by atoms with Crippen LogP contribution in [0, 0.1) is 0 Å². The summed E-state index contributed by atoms with van der Waals surface area (Å²) in [6, 6.07) is 0. The summed E-state index contributed by atoms with van der Waals surface area (Å²) in [5.74, 6) is 0. The van der Waals surface area contributed by atoms with Crippen molar-refractivity contribution < 1.29 is 10.2 Å². The molecule has 6 N–H and O–H groups in total. The Morgan fingerprint density at radius 3 is 1.02 bits per heavy atom. The van der Waals surface area contributed by atoms with Gasteiger partial charge in [-0.05, 0) is 110 Å². The fraction of sp³-hybridized carbons (Fsp3) is 0.822. The first-order valence-corrected chi connectivity index (χ1v) is 21.9. The van der Waals surface area contributed by atoms with Crippen LogP contribution in [0.4, 0.5) is 0 Å². The van der Waals surface area contributed by atoms with Crippen molar-refractivity contribution >= 4 is 0 Å². The van der Waals surface area contributed by atoms with Crippen LogP contribution in [0.1, 0.15) is 174 Å². The van der Waals surface area contributed by atoms with Gasteiger partial charge in [0.15, 0.2) is 0 Å². The predicted molar refractivity (Wildman–Crippen MR) is 226 cm³/mol. The second-order valence-corrected chi connectivity index (χ2v) is 14.9. The highest BCUT2D eigenvalue weighted by atomic mass is 16.3. The molecule has 0 aromatic heterocycles. The van der Waals surface area contributed by atoms with Crippen LogP contribution < -0.4 is 11.5 Å². The van der Waals surface area contributed by atoms with Gasteiger partial charge in [0.1, 0.15) is 0 Å². The van der Waals surface area contributed by atoms with Gasteiger partial charge in [0.05, 0.1) is 12.2 Å². The van der Waals surface area contributed by atoms with Crippen molar-refractivity contribution in [1.29, 1.82) is 0 Å². The molecule has 0 amide bonds. The molecule has 300 valence electrons. The molecule has 0 aliphatic carbocycles. The van der Waals surface area contributed by atoms with Crippen LogP contribution in [0.15, 0.2) is 48.6 Å². The van der Waals surface area contributed by atoms with Crippen LogP contribution in [-0.4, -0.2) is 84.6 Å². The van der Waals surface area contributed by atoms with E-state index in [0.717, 1.165) is 45.4 Å². The average molecular weight is 717 g/mol. The van der Waals surface area contributed by atoms with E-state index in [1.165, 1.54) is 141 Å². The highest BCUT2D eigenvalue weighted by molar-refractivity contribution is 4.93. The maximum Gasteiger partial charge on any atom is 0.0789 e. The topological polar surface area (TPSA) is 99.0 Å². The van der Waals surface area contributed by atoms with E-state index < -0.39 is 12.2 Å². The van der Waals surface area contributed by atoms with Crippen LogP contribution in [0.5, 0.6) is 0 Å². The van der Waals surface area contributed by atoms with Gasteiger partial charge in [0, 0.05) is 26.2 Å². The fourth-order valence-corrected chi connectivity index (χ4v) is 6.50. The Hall–Kier alpha value is -1.28. The van der Waals surface area contributed by atoms with Gasteiger partial charge in [-0.1, -0.05) is 140 Å². The van der Waals surface area contributed by atoms with Crippen molar-refractivity contribution in [1.82, 2.24) is 9.80 Å². The van der Waals surface area contributed by atoms with Crippen molar-refractivity contribution in [3.05, 3.63) is 48.6 Å². The summed E-state index contributed by atoms with van der Waals surface area (Å²) in [6.45, 7) is 10.4. The maximum atomic E-state index is 10.3. The largest absolute Gasteiger partial charge is 0.390 e. The number of unbranched alkanes of at least 4 members (excludes halogenated alkanes) is 18. The van der Waals surface area contributed by atoms with Crippen LogP contribution in [0.25, 0.3) is 0 Å². The van der Waals surface area contributed by atoms with Gasteiger partial charge < -0.3 is 31.5 Å². The molecule has 0 aromatic carbocycles. The lowest BCUT2D eigenvalue weighted by Gasteiger charge is -2.28. The molecule has 6 heteroatoms. The average Bonchev–Trinajstić information content (AvgIpc) is 3.13. The van der Waals surface area contributed by atoms with E-state index in [9.17, 15) is 10.2 Å². The quantitative estimate of drug-likeness (QED) is 0.0372. The van der Waals surface area contributed by atoms with Gasteiger partial charge in [0.25, 0.3) is 0 Å². The number of allylic oxidation sites excluding steroid dienone is 8. The van der Waals surface area contributed by atoms with Crippen molar-refractivity contribution in [2.75, 3.05) is 52.4 Å². The van der Waals surface area contributed by atoms with E-state index >= 15 is 0 Å². The molecular formula is C45H88N4O2. The Kier molecular flexibility index (Phi) is 40.4. The van der Waals surface area contributed by atoms with Crippen LogP contribution in [0.3, 0.4) is 0 Å². The smallest absolute Gasteiger partial charge is 0.0789 e. The third kappa shape index (κ3) is 38.3. The number of nitrogens with zero attached hydrogens (tertiary/aromatic N) is 2. The van der Waals surface area contributed by atoms with E-state index in [4.69, 9.17) is 11.5 Å². The Morgan fingerprint density at radius 2 is 0.686 bits per heavy atom. The van der Waals surface area contributed by atoms with Crippen molar-refractivity contribution in [2.45, 2.75) is 187 Å². The minimum absolute atomic E-state index is 0.308. The first-order chi connectivity index (χ1) is 25.1. The molecular weight excluding hydrogens is 629 g/mol. The van der Waals surface area contributed by atoms with Crippen LogP contribution in [0.2, 0.25) is 0 Å². The third-order valence-electron chi connectivity index (χ3n) is 9.78. The van der Waals surface area contributed by atoms with Gasteiger partial charge in [0.2, 0.25) is 0 Å². The van der Waals surface area contributed by atoms with Gasteiger partial charge in [-0.2, -0.15) is 0 Å². The summed E-state index contributed by atoms with van der Waals surface area (Å²) < 4.78 is 0. The molecule has 0 saturated carbocycles. The molecule has 0 rings (SSSR count). The molecule has 0 aromatic rings.